The number of carbonyl (C=O) groups is 1. The first kappa shape index (κ1) is 21.7. The van der Waals surface area contributed by atoms with E-state index >= 15 is 0 Å². The minimum absolute atomic E-state index is 0.0684. The number of hydrogen-bond acceptors (Lipinski definition) is 6. The van der Waals surface area contributed by atoms with Gasteiger partial charge in [0.05, 0.1) is 17.7 Å². The van der Waals surface area contributed by atoms with Crippen LogP contribution in [0.3, 0.4) is 0 Å². The van der Waals surface area contributed by atoms with Gasteiger partial charge < -0.3 is 19.2 Å². The Morgan fingerprint density at radius 1 is 0.969 bits per heavy atom. The Balaban J connectivity index is 1.32. The fourth-order valence-corrected chi connectivity index (χ4v) is 4.10. The molecule has 0 saturated carbocycles. The Labute approximate surface area is 185 Å². The van der Waals surface area contributed by atoms with Crippen LogP contribution in [0.1, 0.15) is 16.9 Å². The quantitative estimate of drug-likeness (QED) is 0.507. The average molecular weight is 455 g/mol. The molecule has 0 unspecified atom stereocenters. The smallest absolute Gasteiger partial charge is 0.244 e. The molecule has 0 radical (unpaired) electrons. The van der Waals surface area contributed by atoms with Gasteiger partial charge >= 0.3 is 0 Å². The van der Waals surface area contributed by atoms with Crippen molar-refractivity contribution in [1.29, 1.82) is 0 Å². The molecule has 1 aromatic heterocycles. The summed E-state index contributed by atoms with van der Waals surface area (Å²) in [5, 5.41) is 2.81. The summed E-state index contributed by atoms with van der Waals surface area (Å²) >= 11 is 0. The topological polar surface area (TPSA) is 107 Å². The molecular formula is C23H22N2O6S. The van der Waals surface area contributed by atoms with Crippen molar-refractivity contribution < 1.29 is 27.1 Å². The number of amides is 1. The number of nitrogens with one attached hydrogen (secondary N) is 2. The largest absolute Gasteiger partial charge is 0.486 e. The van der Waals surface area contributed by atoms with Gasteiger partial charge in [-0.25, -0.2) is 13.1 Å². The van der Waals surface area contributed by atoms with Gasteiger partial charge in [0.1, 0.15) is 19.0 Å². The fraction of sp³-hybridized carbons (Fsp3) is 0.174. The van der Waals surface area contributed by atoms with Gasteiger partial charge in [-0.3, -0.25) is 4.79 Å². The molecule has 32 heavy (non-hydrogen) atoms. The number of ether oxygens (including phenoxy) is 2. The molecule has 0 spiro atoms. The molecule has 0 fully saturated rings. The number of para-hydroxylation sites is 1. The lowest BCUT2D eigenvalue weighted by Gasteiger charge is -2.20. The lowest BCUT2D eigenvalue weighted by Crippen LogP contribution is -2.23. The maximum Gasteiger partial charge on any atom is 0.244 e. The van der Waals surface area contributed by atoms with Crippen LogP contribution in [0.25, 0.3) is 6.08 Å². The SMILES string of the molecule is O=C(/C=C/c1ccc(S(=O)(=O)NCc2ccco2)cc1)NCc1cccc2c1OCCO2. The van der Waals surface area contributed by atoms with E-state index < -0.39 is 10.0 Å². The van der Waals surface area contributed by atoms with Crippen LogP contribution < -0.4 is 19.5 Å². The van der Waals surface area contributed by atoms with E-state index in [1.807, 2.05) is 18.2 Å². The van der Waals surface area contributed by atoms with Crippen molar-refractivity contribution in [3.63, 3.8) is 0 Å². The van der Waals surface area contributed by atoms with Gasteiger partial charge in [-0.15, -0.1) is 0 Å². The van der Waals surface area contributed by atoms with Crippen LogP contribution in [0, 0.1) is 0 Å². The highest BCUT2D eigenvalue weighted by Gasteiger charge is 2.16. The van der Waals surface area contributed by atoms with E-state index in [1.54, 1.807) is 30.3 Å². The Kier molecular flexibility index (Phi) is 6.58. The third kappa shape index (κ3) is 5.37. The van der Waals surface area contributed by atoms with Crippen LogP contribution in [-0.4, -0.2) is 27.5 Å². The molecule has 0 aliphatic carbocycles. The van der Waals surface area contributed by atoms with Gasteiger partial charge in [-0.2, -0.15) is 0 Å². The van der Waals surface area contributed by atoms with Crippen LogP contribution >= 0.6 is 0 Å². The van der Waals surface area contributed by atoms with Gasteiger partial charge in [-0.1, -0.05) is 24.3 Å². The molecule has 1 aliphatic rings. The van der Waals surface area contributed by atoms with E-state index in [2.05, 4.69) is 10.0 Å². The maximum atomic E-state index is 12.4. The predicted molar refractivity (Wildman–Crippen MR) is 117 cm³/mol. The summed E-state index contributed by atoms with van der Waals surface area (Å²) in [5.41, 5.74) is 1.53. The predicted octanol–water partition coefficient (Wildman–Crippen LogP) is 2.86. The molecule has 0 bridgehead atoms. The molecule has 8 nitrogen and oxygen atoms in total. The van der Waals surface area contributed by atoms with Crippen molar-refractivity contribution in [2.24, 2.45) is 0 Å². The van der Waals surface area contributed by atoms with Crippen molar-refractivity contribution in [1.82, 2.24) is 10.0 Å². The number of sulfonamides is 1. The fourth-order valence-electron chi connectivity index (χ4n) is 3.11. The molecule has 2 heterocycles. The van der Waals surface area contributed by atoms with Crippen molar-refractivity contribution in [2.45, 2.75) is 18.0 Å². The second-order valence-electron chi connectivity index (χ2n) is 6.97. The van der Waals surface area contributed by atoms with E-state index in [0.29, 0.717) is 42.6 Å². The normalized spacial score (nSPS) is 13.2. The van der Waals surface area contributed by atoms with Gasteiger partial charge in [0.25, 0.3) is 0 Å². The molecule has 2 aromatic carbocycles. The third-order valence-corrected chi connectivity index (χ3v) is 6.15. The zero-order valence-corrected chi connectivity index (χ0v) is 17.9. The Bertz CT molecular complexity index is 1200. The lowest BCUT2D eigenvalue weighted by molar-refractivity contribution is -0.116. The molecule has 4 rings (SSSR count). The van der Waals surface area contributed by atoms with E-state index in [-0.39, 0.29) is 17.3 Å². The number of rotatable bonds is 8. The van der Waals surface area contributed by atoms with Crippen LogP contribution in [0.2, 0.25) is 0 Å². The van der Waals surface area contributed by atoms with Crippen molar-refractivity contribution in [3.8, 4) is 11.5 Å². The van der Waals surface area contributed by atoms with Crippen molar-refractivity contribution in [3.05, 3.63) is 83.8 Å². The molecule has 166 valence electrons. The monoisotopic (exact) mass is 454 g/mol. The van der Waals surface area contributed by atoms with Crippen LogP contribution in [0.5, 0.6) is 11.5 Å². The first-order valence-electron chi connectivity index (χ1n) is 9.97. The highest BCUT2D eigenvalue weighted by molar-refractivity contribution is 7.89. The van der Waals surface area contributed by atoms with Crippen LogP contribution in [0.15, 0.2) is 76.2 Å². The van der Waals surface area contributed by atoms with E-state index in [4.69, 9.17) is 13.9 Å². The average Bonchev–Trinajstić information content (AvgIpc) is 3.34. The number of hydrogen-bond donors (Lipinski definition) is 2. The highest BCUT2D eigenvalue weighted by atomic mass is 32.2. The summed E-state index contributed by atoms with van der Waals surface area (Å²) < 4.78 is 43.5. The Hall–Kier alpha value is -3.56. The van der Waals surface area contributed by atoms with Crippen molar-refractivity contribution >= 4 is 22.0 Å². The summed E-state index contributed by atoms with van der Waals surface area (Å²) in [4.78, 5) is 12.3. The number of furan rings is 1. The summed E-state index contributed by atoms with van der Waals surface area (Å²) in [6.45, 7) is 1.35. The number of fused-ring (bicyclic) bond motifs is 1. The van der Waals surface area contributed by atoms with E-state index in [9.17, 15) is 13.2 Å². The minimum Gasteiger partial charge on any atom is -0.486 e. The number of benzene rings is 2. The zero-order valence-electron chi connectivity index (χ0n) is 17.1. The van der Waals surface area contributed by atoms with Gasteiger partial charge in [0, 0.05) is 18.2 Å². The van der Waals surface area contributed by atoms with Gasteiger partial charge in [0.15, 0.2) is 11.5 Å². The first-order valence-corrected chi connectivity index (χ1v) is 11.4. The lowest BCUT2D eigenvalue weighted by atomic mass is 10.1. The summed E-state index contributed by atoms with van der Waals surface area (Å²) in [7, 11) is -3.67. The highest BCUT2D eigenvalue weighted by Crippen LogP contribution is 2.33. The van der Waals surface area contributed by atoms with Gasteiger partial charge in [0.2, 0.25) is 15.9 Å². The second-order valence-corrected chi connectivity index (χ2v) is 8.73. The molecule has 2 N–H and O–H groups in total. The summed E-state index contributed by atoms with van der Waals surface area (Å²) in [5.74, 6) is 1.57. The molecular weight excluding hydrogens is 432 g/mol. The Morgan fingerprint density at radius 2 is 1.78 bits per heavy atom. The molecule has 9 heteroatoms. The number of carbonyl (C=O) groups excluding carboxylic acids is 1. The molecule has 1 amide bonds. The third-order valence-electron chi connectivity index (χ3n) is 4.73. The first-order chi connectivity index (χ1) is 15.5. The Morgan fingerprint density at radius 3 is 2.56 bits per heavy atom. The summed E-state index contributed by atoms with van der Waals surface area (Å²) in [6.07, 6.45) is 4.49. The van der Waals surface area contributed by atoms with Crippen LogP contribution in [-0.2, 0) is 27.9 Å². The molecule has 1 aliphatic heterocycles. The van der Waals surface area contributed by atoms with E-state index in [0.717, 1.165) is 5.56 Å². The maximum absolute atomic E-state index is 12.4. The molecule has 0 saturated heterocycles. The van der Waals surface area contributed by atoms with E-state index in [1.165, 1.54) is 24.5 Å². The summed E-state index contributed by atoms with van der Waals surface area (Å²) in [6, 6.07) is 15.2. The molecule has 3 aromatic rings. The van der Waals surface area contributed by atoms with Crippen LogP contribution in [0.4, 0.5) is 0 Å². The van der Waals surface area contributed by atoms with Gasteiger partial charge in [-0.05, 0) is 42.0 Å². The standard InChI is InChI=1S/C23H22N2O6S/c26-22(24-15-18-3-1-5-21-23(18)31-14-13-30-21)11-8-17-6-9-20(10-7-17)32(27,28)25-16-19-4-2-12-29-19/h1-12,25H,13-16H2,(H,24,26)/b11-8+. The second kappa shape index (κ2) is 9.71. The minimum atomic E-state index is -3.67. The molecule has 0 atom stereocenters. The van der Waals surface area contributed by atoms with Crippen molar-refractivity contribution in [2.75, 3.05) is 13.2 Å². The zero-order chi connectivity index (χ0) is 22.4.